The lowest BCUT2D eigenvalue weighted by Gasteiger charge is -2.16. The van der Waals surface area contributed by atoms with Gasteiger partial charge in [0.15, 0.2) is 0 Å². The van der Waals surface area contributed by atoms with Crippen LogP contribution in [0.2, 0.25) is 0 Å². The number of aryl methyl sites for hydroxylation is 2. The summed E-state index contributed by atoms with van der Waals surface area (Å²) < 4.78 is 3.11. The van der Waals surface area contributed by atoms with Crippen LogP contribution < -0.4 is 5.32 Å². The normalized spacial score (nSPS) is 12.8. The van der Waals surface area contributed by atoms with Crippen molar-refractivity contribution in [2.45, 2.75) is 39.8 Å². The molecule has 2 aromatic rings. The molecule has 2 rings (SSSR count). The van der Waals surface area contributed by atoms with E-state index in [9.17, 15) is 0 Å². The Balaban J connectivity index is 2.27. The topological polar surface area (TPSA) is 71.4 Å². The van der Waals surface area contributed by atoms with Crippen LogP contribution in [0.4, 0.5) is 0 Å². The number of nitrogens with one attached hydrogen (secondary N) is 2. The molecule has 0 aliphatic heterocycles. The molecule has 0 saturated heterocycles. The second-order valence-corrected chi connectivity index (χ2v) is 5.14. The molecule has 0 amide bonds. The molecule has 19 heavy (non-hydrogen) atoms. The number of likely N-dealkylation sites (N-methyl/N-ethyl adjacent to an activating group) is 1. The van der Waals surface area contributed by atoms with Gasteiger partial charge in [-0.3, -0.25) is 9.78 Å². The van der Waals surface area contributed by atoms with Crippen LogP contribution in [0.15, 0.2) is 10.8 Å². The maximum Gasteiger partial charge on any atom is 0.141 e. The predicted octanol–water partition coefficient (Wildman–Crippen LogP) is 1.99. The highest BCUT2D eigenvalue weighted by Crippen LogP contribution is 2.25. The van der Waals surface area contributed by atoms with Crippen molar-refractivity contribution in [3.63, 3.8) is 0 Å². The SMILES string of the molecule is CCNC(Cc1c(Br)c(C)nn1CC)c1ncn[nH]1. The number of halogens is 1. The molecule has 0 aliphatic carbocycles. The molecule has 2 N–H and O–H groups in total. The van der Waals surface area contributed by atoms with Crippen LogP contribution in [0.5, 0.6) is 0 Å². The minimum atomic E-state index is 0.116. The van der Waals surface area contributed by atoms with E-state index in [-0.39, 0.29) is 6.04 Å². The van der Waals surface area contributed by atoms with Crippen molar-refractivity contribution in [1.29, 1.82) is 0 Å². The lowest BCUT2D eigenvalue weighted by molar-refractivity contribution is 0.496. The Labute approximate surface area is 121 Å². The van der Waals surface area contributed by atoms with E-state index in [2.05, 4.69) is 55.4 Å². The Morgan fingerprint density at radius 3 is 2.84 bits per heavy atom. The second-order valence-electron chi connectivity index (χ2n) is 4.35. The van der Waals surface area contributed by atoms with E-state index >= 15 is 0 Å². The van der Waals surface area contributed by atoms with Gasteiger partial charge in [0.25, 0.3) is 0 Å². The molecule has 1 unspecified atom stereocenters. The summed E-state index contributed by atoms with van der Waals surface area (Å²) in [6.07, 6.45) is 2.36. The summed E-state index contributed by atoms with van der Waals surface area (Å²) >= 11 is 3.63. The van der Waals surface area contributed by atoms with Gasteiger partial charge in [0.05, 0.1) is 21.9 Å². The first kappa shape index (κ1) is 14.2. The highest BCUT2D eigenvalue weighted by Gasteiger charge is 2.20. The Hall–Kier alpha value is -1.21. The first-order valence-electron chi connectivity index (χ1n) is 6.47. The molecule has 0 spiro atoms. The minimum absolute atomic E-state index is 0.116. The third-order valence-electron chi connectivity index (χ3n) is 3.06. The van der Waals surface area contributed by atoms with Crippen molar-refractivity contribution in [3.05, 3.63) is 28.0 Å². The molecule has 0 radical (unpaired) electrons. The summed E-state index contributed by atoms with van der Waals surface area (Å²) in [6, 6.07) is 0.116. The van der Waals surface area contributed by atoms with E-state index < -0.39 is 0 Å². The molecular weight excluding hydrogens is 308 g/mol. The fraction of sp³-hybridized carbons (Fsp3) is 0.583. The van der Waals surface area contributed by atoms with Crippen LogP contribution >= 0.6 is 15.9 Å². The van der Waals surface area contributed by atoms with Crippen molar-refractivity contribution < 1.29 is 0 Å². The van der Waals surface area contributed by atoms with Gasteiger partial charge in [0.2, 0.25) is 0 Å². The fourth-order valence-electron chi connectivity index (χ4n) is 2.15. The van der Waals surface area contributed by atoms with Gasteiger partial charge in [-0.1, -0.05) is 6.92 Å². The second kappa shape index (κ2) is 6.29. The van der Waals surface area contributed by atoms with Crippen molar-refractivity contribution in [2.75, 3.05) is 6.54 Å². The average molecular weight is 327 g/mol. The third-order valence-corrected chi connectivity index (χ3v) is 4.10. The summed E-state index contributed by atoms with van der Waals surface area (Å²) in [6.45, 7) is 7.93. The molecule has 0 aliphatic rings. The molecule has 2 aromatic heterocycles. The summed E-state index contributed by atoms with van der Waals surface area (Å²) in [7, 11) is 0. The van der Waals surface area contributed by atoms with Gasteiger partial charge < -0.3 is 5.32 Å². The van der Waals surface area contributed by atoms with E-state index in [4.69, 9.17) is 0 Å². The van der Waals surface area contributed by atoms with Crippen LogP contribution in [0.3, 0.4) is 0 Å². The number of aromatic amines is 1. The number of aromatic nitrogens is 5. The van der Waals surface area contributed by atoms with E-state index in [1.807, 2.05) is 11.6 Å². The monoisotopic (exact) mass is 326 g/mol. The number of hydrogen-bond donors (Lipinski definition) is 2. The third kappa shape index (κ3) is 3.03. The van der Waals surface area contributed by atoms with Crippen LogP contribution in [-0.4, -0.2) is 31.5 Å². The molecular formula is C12H19BrN6. The number of rotatable bonds is 6. The van der Waals surface area contributed by atoms with E-state index in [1.54, 1.807) is 0 Å². The number of H-pyrrole nitrogens is 1. The van der Waals surface area contributed by atoms with Crippen LogP contribution in [0.1, 0.15) is 37.1 Å². The standard InChI is InChI=1S/C12H19BrN6/c1-4-14-9(12-15-7-16-17-12)6-10-11(13)8(3)18-19(10)5-2/h7,9,14H,4-6H2,1-3H3,(H,15,16,17). The molecule has 2 heterocycles. The molecule has 7 heteroatoms. The smallest absolute Gasteiger partial charge is 0.141 e. The van der Waals surface area contributed by atoms with Gasteiger partial charge in [-0.25, -0.2) is 4.98 Å². The lowest BCUT2D eigenvalue weighted by atomic mass is 10.1. The molecule has 104 valence electrons. The first-order valence-corrected chi connectivity index (χ1v) is 7.27. The zero-order valence-corrected chi connectivity index (χ0v) is 13.0. The van der Waals surface area contributed by atoms with Gasteiger partial charge in [-0.05, 0) is 36.3 Å². The molecule has 0 aromatic carbocycles. The van der Waals surface area contributed by atoms with E-state index in [0.29, 0.717) is 0 Å². The number of hydrogen-bond acceptors (Lipinski definition) is 4. The first-order chi connectivity index (χ1) is 9.17. The largest absolute Gasteiger partial charge is 0.307 e. The van der Waals surface area contributed by atoms with Crippen LogP contribution in [-0.2, 0) is 13.0 Å². The Morgan fingerprint density at radius 2 is 2.26 bits per heavy atom. The quantitative estimate of drug-likeness (QED) is 0.851. The molecule has 1 atom stereocenters. The minimum Gasteiger partial charge on any atom is -0.307 e. The van der Waals surface area contributed by atoms with Crippen molar-refractivity contribution >= 4 is 15.9 Å². The van der Waals surface area contributed by atoms with Crippen molar-refractivity contribution in [2.24, 2.45) is 0 Å². The van der Waals surface area contributed by atoms with Gasteiger partial charge in [0, 0.05) is 13.0 Å². The summed E-state index contributed by atoms with van der Waals surface area (Å²) in [4.78, 5) is 4.25. The van der Waals surface area contributed by atoms with Crippen molar-refractivity contribution in [1.82, 2.24) is 30.3 Å². The van der Waals surface area contributed by atoms with Gasteiger partial charge in [0.1, 0.15) is 12.2 Å². The van der Waals surface area contributed by atoms with Gasteiger partial charge >= 0.3 is 0 Å². The molecule has 0 bridgehead atoms. The Morgan fingerprint density at radius 1 is 1.47 bits per heavy atom. The highest BCUT2D eigenvalue weighted by molar-refractivity contribution is 9.10. The van der Waals surface area contributed by atoms with E-state index in [0.717, 1.165) is 35.5 Å². The zero-order valence-electron chi connectivity index (χ0n) is 11.4. The van der Waals surface area contributed by atoms with Crippen LogP contribution in [0.25, 0.3) is 0 Å². The highest BCUT2D eigenvalue weighted by atomic mass is 79.9. The molecule has 6 nitrogen and oxygen atoms in total. The predicted molar refractivity (Wildman–Crippen MR) is 76.8 cm³/mol. The maximum atomic E-state index is 4.52. The Bertz CT molecular complexity index is 519. The maximum absolute atomic E-state index is 4.52. The van der Waals surface area contributed by atoms with Gasteiger partial charge in [-0.15, -0.1) is 0 Å². The summed E-state index contributed by atoms with van der Waals surface area (Å²) in [5.74, 6) is 0.857. The van der Waals surface area contributed by atoms with Crippen LogP contribution in [0, 0.1) is 6.92 Å². The summed E-state index contributed by atoms with van der Waals surface area (Å²) in [5.41, 5.74) is 2.20. The van der Waals surface area contributed by atoms with Crippen molar-refractivity contribution in [3.8, 4) is 0 Å². The fourth-order valence-corrected chi connectivity index (χ4v) is 2.60. The number of nitrogens with zero attached hydrogens (tertiary/aromatic N) is 4. The molecule has 0 fully saturated rings. The Kier molecular flexibility index (Phi) is 4.71. The summed E-state index contributed by atoms with van der Waals surface area (Å²) in [5, 5.41) is 14.8. The lowest BCUT2D eigenvalue weighted by Crippen LogP contribution is -2.25. The average Bonchev–Trinajstić information content (AvgIpc) is 3.01. The van der Waals surface area contributed by atoms with E-state index in [1.165, 1.54) is 12.0 Å². The zero-order chi connectivity index (χ0) is 13.8. The van der Waals surface area contributed by atoms with Gasteiger partial charge in [-0.2, -0.15) is 10.2 Å². The molecule has 0 saturated carbocycles.